The van der Waals surface area contributed by atoms with Crippen molar-refractivity contribution in [3.05, 3.63) is 0 Å². The van der Waals surface area contributed by atoms with Crippen LogP contribution in [-0.4, -0.2) is 20.2 Å². The third-order valence-electron chi connectivity index (χ3n) is 4.93. The van der Waals surface area contributed by atoms with Crippen LogP contribution in [0.15, 0.2) is 0 Å². The first-order chi connectivity index (χ1) is 7.43. The number of carbonyl (C=O) groups excluding carboxylic acids is 1. The maximum atomic E-state index is 12.0. The molecule has 0 N–H and O–H groups in total. The molecule has 0 aromatic rings. The van der Waals surface area contributed by atoms with E-state index in [4.69, 9.17) is 12.1 Å². The van der Waals surface area contributed by atoms with E-state index in [0.717, 1.165) is 5.92 Å². The Bertz CT molecular complexity index is 295. The molecule has 0 aliphatic heterocycles. The molecule has 0 heterocycles. The molecule has 0 saturated heterocycles. The number of carbonyl (C=O) groups is 1. The van der Waals surface area contributed by atoms with Crippen LogP contribution >= 0.6 is 8.03 Å². The SMILES string of the molecule is [B]P(C)OC(=O)[C@H]1C2CC([C@@H](C)[C@@H]2C)[C@H]1C. The predicted molar refractivity (Wildman–Crippen MR) is 67.3 cm³/mol. The largest absolute Gasteiger partial charge is 0.457 e. The van der Waals surface area contributed by atoms with Crippen molar-refractivity contribution >= 4 is 21.6 Å². The minimum Gasteiger partial charge on any atom is -0.457 e. The van der Waals surface area contributed by atoms with Gasteiger partial charge >= 0.3 is 5.97 Å². The van der Waals surface area contributed by atoms with E-state index >= 15 is 0 Å². The molecule has 3 unspecified atom stereocenters. The Hall–Kier alpha value is -0.0351. The van der Waals surface area contributed by atoms with Gasteiger partial charge in [0.05, 0.1) is 5.92 Å². The quantitative estimate of drug-likeness (QED) is 0.546. The molecule has 7 atom stereocenters. The summed E-state index contributed by atoms with van der Waals surface area (Å²) in [6, 6.07) is 0. The Morgan fingerprint density at radius 2 is 1.75 bits per heavy atom. The van der Waals surface area contributed by atoms with E-state index in [0.29, 0.717) is 23.7 Å². The maximum Gasteiger partial charge on any atom is 0.311 e. The fourth-order valence-corrected chi connectivity index (χ4v) is 4.34. The fourth-order valence-electron chi connectivity index (χ4n) is 3.94. The number of rotatable bonds is 2. The van der Waals surface area contributed by atoms with Gasteiger partial charge in [-0.2, -0.15) is 0 Å². The van der Waals surface area contributed by atoms with Crippen LogP contribution in [0.3, 0.4) is 0 Å². The molecular formula is C12H20BO2P. The van der Waals surface area contributed by atoms with Gasteiger partial charge in [0, 0.05) is 8.03 Å². The van der Waals surface area contributed by atoms with Gasteiger partial charge in [0.2, 0.25) is 0 Å². The topological polar surface area (TPSA) is 26.3 Å². The molecule has 4 heteroatoms. The Balaban J connectivity index is 2.10. The highest BCUT2D eigenvalue weighted by molar-refractivity contribution is 7.77. The second-order valence-electron chi connectivity index (χ2n) is 5.62. The monoisotopic (exact) mass is 238 g/mol. The summed E-state index contributed by atoms with van der Waals surface area (Å²) in [5.74, 6) is 3.17. The van der Waals surface area contributed by atoms with E-state index in [1.54, 1.807) is 6.66 Å². The summed E-state index contributed by atoms with van der Waals surface area (Å²) in [6.45, 7) is 8.58. The van der Waals surface area contributed by atoms with Crippen molar-refractivity contribution < 1.29 is 9.32 Å². The normalized spacial score (nSPS) is 48.0. The van der Waals surface area contributed by atoms with E-state index in [1.807, 2.05) is 0 Å². The summed E-state index contributed by atoms with van der Waals surface area (Å²) in [5.41, 5.74) is 0. The zero-order valence-corrected chi connectivity index (χ0v) is 11.4. The van der Waals surface area contributed by atoms with Crippen molar-refractivity contribution in [2.75, 3.05) is 6.66 Å². The minimum absolute atomic E-state index is 0.0464. The number of fused-ring (bicyclic) bond motifs is 2. The lowest BCUT2D eigenvalue weighted by atomic mass is 9.70. The van der Waals surface area contributed by atoms with Crippen LogP contribution in [0, 0.1) is 35.5 Å². The van der Waals surface area contributed by atoms with Crippen LogP contribution < -0.4 is 0 Å². The number of hydrogen-bond acceptors (Lipinski definition) is 2. The van der Waals surface area contributed by atoms with E-state index in [9.17, 15) is 4.79 Å². The van der Waals surface area contributed by atoms with Gasteiger partial charge in [-0.25, -0.2) is 0 Å². The maximum absolute atomic E-state index is 12.0. The van der Waals surface area contributed by atoms with Crippen molar-refractivity contribution in [1.82, 2.24) is 0 Å². The first kappa shape index (κ1) is 12.4. The fraction of sp³-hybridized carbons (Fsp3) is 0.917. The summed E-state index contributed by atoms with van der Waals surface area (Å²) < 4.78 is 5.24. The summed E-state index contributed by atoms with van der Waals surface area (Å²) in [5, 5.41) is 0. The van der Waals surface area contributed by atoms with Gasteiger partial charge in [0.1, 0.15) is 0 Å². The van der Waals surface area contributed by atoms with Gasteiger partial charge in [0.25, 0.3) is 0 Å². The molecular weight excluding hydrogens is 218 g/mol. The molecule has 2 radical (unpaired) electrons. The lowest BCUT2D eigenvalue weighted by Gasteiger charge is -2.35. The average molecular weight is 238 g/mol. The molecule has 2 rings (SSSR count). The van der Waals surface area contributed by atoms with Crippen molar-refractivity contribution in [1.29, 1.82) is 0 Å². The molecule has 2 fully saturated rings. The molecule has 2 aliphatic rings. The molecule has 0 spiro atoms. The highest BCUT2D eigenvalue weighted by Gasteiger charge is 2.56. The molecule has 2 saturated carbocycles. The number of hydrogen-bond donors (Lipinski definition) is 0. The Morgan fingerprint density at radius 1 is 1.19 bits per heavy atom. The van der Waals surface area contributed by atoms with Gasteiger partial charge in [-0.05, 0) is 42.7 Å². The highest BCUT2D eigenvalue weighted by atomic mass is 31.1. The van der Waals surface area contributed by atoms with Gasteiger partial charge < -0.3 is 4.52 Å². The average Bonchev–Trinajstić information content (AvgIpc) is 2.64. The van der Waals surface area contributed by atoms with E-state index < -0.39 is 8.03 Å². The first-order valence-electron chi connectivity index (χ1n) is 6.13. The lowest BCUT2D eigenvalue weighted by Crippen LogP contribution is -2.36. The van der Waals surface area contributed by atoms with E-state index in [1.165, 1.54) is 6.42 Å². The molecule has 88 valence electrons. The van der Waals surface area contributed by atoms with E-state index in [2.05, 4.69) is 20.8 Å². The first-order valence-corrected chi connectivity index (χ1v) is 7.91. The van der Waals surface area contributed by atoms with Crippen molar-refractivity contribution in [2.45, 2.75) is 27.2 Å². The van der Waals surface area contributed by atoms with Crippen molar-refractivity contribution in [3.63, 3.8) is 0 Å². The summed E-state index contributed by atoms with van der Waals surface area (Å²) in [6.07, 6.45) is 1.20. The van der Waals surface area contributed by atoms with Crippen LogP contribution in [0.5, 0.6) is 0 Å². The van der Waals surface area contributed by atoms with Crippen molar-refractivity contribution in [3.8, 4) is 0 Å². The van der Waals surface area contributed by atoms with Gasteiger partial charge in [-0.1, -0.05) is 20.8 Å². The van der Waals surface area contributed by atoms with Crippen LogP contribution in [0.4, 0.5) is 0 Å². The standard InChI is InChI=1S/C12H20BO2P/c1-6-7(2)10-5-9(6)8(3)11(10)12(14)15-16(4)13/h6-11H,5H2,1-4H3/t6-,7-,8+,9?,10?,11+,16?/m0/s1. The second-order valence-corrected chi connectivity index (χ2v) is 6.90. The molecule has 2 nitrogen and oxygen atoms in total. The second kappa shape index (κ2) is 4.33. The van der Waals surface area contributed by atoms with Gasteiger partial charge in [-0.15, -0.1) is 0 Å². The Kier molecular flexibility index (Phi) is 3.36. The molecule has 0 aromatic carbocycles. The van der Waals surface area contributed by atoms with Crippen LogP contribution in [0.2, 0.25) is 0 Å². The molecule has 2 aliphatic carbocycles. The Labute approximate surface area is 101 Å². The van der Waals surface area contributed by atoms with Gasteiger partial charge in [0.15, 0.2) is 7.57 Å². The summed E-state index contributed by atoms with van der Waals surface area (Å²) in [7, 11) is 4.53. The van der Waals surface area contributed by atoms with Crippen LogP contribution in [0.25, 0.3) is 0 Å². The third kappa shape index (κ3) is 1.81. The zero-order valence-electron chi connectivity index (χ0n) is 10.5. The van der Waals surface area contributed by atoms with Crippen LogP contribution in [-0.2, 0) is 9.32 Å². The predicted octanol–water partition coefficient (Wildman–Crippen LogP) is 2.81. The summed E-state index contributed by atoms with van der Waals surface area (Å²) in [4.78, 5) is 12.0. The zero-order chi connectivity index (χ0) is 12.0. The highest BCUT2D eigenvalue weighted by Crippen LogP contribution is 2.58. The smallest absolute Gasteiger partial charge is 0.311 e. The molecule has 0 amide bonds. The Morgan fingerprint density at radius 3 is 2.25 bits per heavy atom. The van der Waals surface area contributed by atoms with Crippen molar-refractivity contribution in [2.24, 2.45) is 35.5 Å². The lowest BCUT2D eigenvalue weighted by molar-refractivity contribution is -0.143. The third-order valence-corrected chi connectivity index (χ3v) is 5.40. The molecule has 0 aromatic heterocycles. The summed E-state index contributed by atoms with van der Waals surface area (Å²) >= 11 is 0. The molecule has 16 heavy (non-hydrogen) atoms. The molecule has 2 bridgehead atoms. The van der Waals surface area contributed by atoms with Gasteiger partial charge in [-0.3, -0.25) is 4.79 Å². The van der Waals surface area contributed by atoms with Crippen LogP contribution in [0.1, 0.15) is 27.2 Å². The van der Waals surface area contributed by atoms with E-state index in [-0.39, 0.29) is 11.9 Å². The minimum atomic E-state index is -1.06.